The summed E-state index contributed by atoms with van der Waals surface area (Å²) in [7, 11) is -2.76. The third-order valence-electron chi connectivity index (χ3n) is 8.99. The summed E-state index contributed by atoms with van der Waals surface area (Å²) in [6.45, 7) is 29.0. The molecular formula is C35H51Cl3Si3Ti. The zero-order chi connectivity index (χ0) is 28.9. The van der Waals surface area contributed by atoms with Gasteiger partial charge in [0.2, 0.25) is 0 Å². The van der Waals surface area contributed by atoms with Gasteiger partial charge in [0.15, 0.2) is 0 Å². The van der Waals surface area contributed by atoms with Crippen molar-refractivity contribution in [2.75, 3.05) is 0 Å². The molecule has 3 aromatic rings. The van der Waals surface area contributed by atoms with Crippen molar-refractivity contribution in [2.24, 2.45) is 5.92 Å². The van der Waals surface area contributed by atoms with Gasteiger partial charge >= 0.3 is 252 Å². The normalized spacial score (nSPS) is 15.6. The molecule has 0 saturated heterocycles. The van der Waals surface area contributed by atoms with Crippen LogP contribution in [-0.4, -0.2) is 22.1 Å². The van der Waals surface area contributed by atoms with Crippen LogP contribution in [0, 0.1) is 19.8 Å². The predicted octanol–water partition coefficient (Wildman–Crippen LogP) is 7.97. The first-order chi connectivity index (χ1) is 18.1. The number of rotatable bonds is 7. The molecule has 7 heteroatoms. The van der Waals surface area contributed by atoms with Gasteiger partial charge < -0.3 is 0 Å². The summed E-state index contributed by atoms with van der Waals surface area (Å²) in [5, 5.41) is 7.93. The number of allylic oxidation sites excluding steroid dienone is 4. The fourth-order valence-corrected chi connectivity index (χ4v) is 21.6. The van der Waals surface area contributed by atoms with Crippen molar-refractivity contribution in [1.29, 1.82) is 0 Å². The van der Waals surface area contributed by atoms with Crippen LogP contribution in [0.15, 0.2) is 87.3 Å². The summed E-state index contributed by atoms with van der Waals surface area (Å²) in [6.07, 6.45) is 0. The average Bonchev–Trinajstić information content (AvgIpc) is 3.03. The van der Waals surface area contributed by atoms with Crippen molar-refractivity contribution in [3.05, 3.63) is 98.5 Å². The van der Waals surface area contributed by atoms with E-state index in [-0.39, 0.29) is 37.2 Å². The van der Waals surface area contributed by atoms with Gasteiger partial charge in [0.1, 0.15) is 0 Å². The molecular weight excluding hydrogens is 659 g/mol. The van der Waals surface area contributed by atoms with Crippen LogP contribution in [0.1, 0.15) is 38.8 Å². The Balaban J connectivity index is 0.00000294. The van der Waals surface area contributed by atoms with Crippen LogP contribution < -0.4 is 25.9 Å². The molecule has 0 fully saturated rings. The van der Waals surface area contributed by atoms with Crippen molar-refractivity contribution in [3.8, 4) is 0 Å². The zero-order valence-corrected chi connectivity index (χ0v) is 34.7. The van der Waals surface area contributed by atoms with E-state index in [1.165, 1.54) is 16.7 Å². The SMILES string of the molecule is CC1=C(C)C(C)[C]([Ti][Si](c2ccc([Si](C)(C)C)cc2)(c2ccc([Si](C)(C)C)cc2)c2cc(C)cc(C)c2)=C1C.Cl.Cl.Cl. The quantitative estimate of drug-likeness (QED) is 0.173. The molecule has 1 aliphatic carbocycles. The van der Waals surface area contributed by atoms with Gasteiger partial charge in [-0.15, -0.1) is 37.2 Å². The van der Waals surface area contributed by atoms with Crippen LogP contribution in [-0.2, 0) is 18.4 Å². The molecule has 228 valence electrons. The Morgan fingerprint density at radius 1 is 0.500 bits per heavy atom. The largest absolute Gasteiger partial charge is 0.147 e. The van der Waals surface area contributed by atoms with Crippen molar-refractivity contribution in [1.82, 2.24) is 0 Å². The van der Waals surface area contributed by atoms with Gasteiger partial charge in [0.05, 0.1) is 0 Å². The molecule has 3 aromatic carbocycles. The van der Waals surface area contributed by atoms with E-state index in [0.717, 1.165) is 0 Å². The molecule has 1 unspecified atom stereocenters. The maximum absolute atomic E-state index is 2.55. The third kappa shape index (κ3) is 7.77. The molecule has 0 radical (unpaired) electrons. The number of benzene rings is 3. The Labute approximate surface area is 286 Å². The second kappa shape index (κ2) is 14.6. The molecule has 0 aliphatic heterocycles. The van der Waals surface area contributed by atoms with Gasteiger partial charge in [-0.2, -0.15) is 0 Å². The second-order valence-electron chi connectivity index (χ2n) is 14.0. The zero-order valence-electron chi connectivity index (χ0n) is 27.7. The van der Waals surface area contributed by atoms with Gasteiger partial charge in [-0.05, 0) is 0 Å². The minimum Gasteiger partial charge on any atom is -0.147 e. The van der Waals surface area contributed by atoms with Crippen LogP contribution in [0.2, 0.25) is 39.3 Å². The Kier molecular flexibility index (Phi) is 13.7. The van der Waals surface area contributed by atoms with E-state index in [0.29, 0.717) is 5.92 Å². The van der Waals surface area contributed by atoms with E-state index < -0.39 is 40.5 Å². The van der Waals surface area contributed by atoms with Crippen LogP contribution in [0.4, 0.5) is 0 Å². The third-order valence-corrected chi connectivity index (χ3v) is 25.7. The first-order valence-corrected chi connectivity index (χ1v) is 26.7. The first kappa shape index (κ1) is 39.4. The second-order valence-corrected chi connectivity index (χ2v) is 33.1. The predicted molar refractivity (Wildman–Crippen MR) is 201 cm³/mol. The van der Waals surface area contributed by atoms with E-state index in [1.54, 1.807) is 41.0 Å². The molecule has 0 bridgehead atoms. The fourth-order valence-electron chi connectivity index (χ4n) is 6.12. The summed E-state index contributed by atoms with van der Waals surface area (Å²) in [5.74, 6) is -1.73. The van der Waals surface area contributed by atoms with Crippen LogP contribution in [0.25, 0.3) is 0 Å². The molecule has 0 N–H and O–H groups in total. The van der Waals surface area contributed by atoms with E-state index >= 15 is 0 Å². The Morgan fingerprint density at radius 2 is 0.857 bits per heavy atom. The minimum absolute atomic E-state index is 0. The summed E-state index contributed by atoms with van der Waals surface area (Å²) in [5.41, 5.74) is 7.48. The van der Waals surface area contributed by atoms with E-state index in [4.69, 9.17) is 0 Å². The number of hydrogen-bond acceptors (Lipinski definition) is 0. The monoisotopic (exact) mass is 708 g/mol. The average molecular weight is 710 g/mol. The smallest absolute Gasteiger partial charge is 0.147 e. The minimum atomic E-state index is -2.29. The molecule has 0 spiro atoms. The van der Waals surface area contributed by atoms with E-state index in [2.05, 4.69) is 148 Å². The molecule has 0 aromatic heterocycles. The summed E-state index contributed by atoms with van der Waals surface area (Å²) in [6, 6.07) is 27.6. The maximum Gasteiger partial charge on any atom is -0.147 e. The Bertz CT molecular complexity index is 1370. The van der Waals surface area contributed by atoms with Crippen molar-refractivity contribution >= 4 is 85.2 Å². The van der Waals surface area contributed by atoms with Crippen LogP contribution in [0.3, 0.4) is 0 Å². The van der Waals surface area contributed by atoms with Gasteiger partial charge in [-0.25, -0.2) is 0 Å². The first-order valence-electron chi connectivity index (χ1n) is 14.5. The summed E-state index contributed by atoms with van der Waals surface area (Å²) in [4.78, 5) is 0. The molecule has 4 rings (SSSR count). The van der Waals surface area contributed by atoms with Crippen LogP contribution >= 0.6 is 37.2 Å². The van der Waals surface area contributed by atoms with Gasteiger partial charge in [0.25, 0.3) is 0 Å². The summed E-state index contributed by atoms with van der Waals surface area (Å²) >= 11 is -0.502. The van der Waals surface area contributed by atoms with Gasteiger partial charge in [0, 0.05) is 0 Å². The molecule has 0 nitrogen and oxygen atoms in total. The standard InChI is InChI=1S/C26H35Si3.C9H13.3ClH.Ti/c1-20-17-21(2)19-24(18-20)27(22-9-13-25(14-10-22)28(3,4)5)23-11-15-26(16-12-23)29(6,7)8;1-6-5-7(2)9(4)8(6)3;;;;/h9-19H,1-8H3;6H,1-4H3;3*1H;. The molecule has 0 amide bonds. The number of aryl methyl sites for hydroxylation is 2. The maximum atomic E-state index is 2.55. The molecule has 42 heavy (non-hydrogen) atoms. The fraction of sp³-hybridized carbons (Fsp3) is 0.371. The molecule has 1 aliphatic rings. The topological polar surface area (TPSA) is 0 Å². The summed E-state index contributed by atoms with van der Waals surface area (Å²) < 4.78 is 1.78. The van der Waals surface area contributed by atoms with E-state index in [1.807, 2.05) is 0 Å². The Morgan fingerprint density at radius 3 is 1.17 bits per heavy atom. The number of halogens is 3. The van der Waals surface area contributed by atoms with E-state index in [9.17, 15) is 0 Å². The van der Waals surface area contributed by atoms with Gasteiger partial charge in [-0.1, -0.05) is 0 Å². The van der Waals surface area contributed by atoms with Crippen molar-refractivity contribution in [2.45, 2.75) is 80.8 Å². The van der Waals surface area contributed by atoms with Crippen molar-refractivity contribution < 1.29 is 18.4 Å². The molecule has 0 saturated carbocycles. The number of hydrogen-bond donors (Lipinski definition) is 0. The molecule has 1 atom stereocenters. The molecule has 0 heterocycles. The van der Waals surface area contributed by atoms with Crippen molar-refractivity contribution in [3.63, 3.8) is 0 Å². The Hall–Kier alpha value is -0.625. The van der Waals surface area contributed by atoms with Crippen LogP contribution in [0.5, 0.6) is 0 Å². The van der Waals surface area contributed by atoms with Gasteiger partial charge in [-0.3, -0.25) is 0 Å².